The van der Waals surface area contributed by atoms with Gasteiger partial charge < -0.3 is 10.1 Å². The molecule has 100 valence electrons. The third-order valence-electron chi connectivity index (χ3n) is 3.39. The monoisotopic (exact) mass is 259 g/mol. The number of carbonyl (C=O) groups is 1. The Bertz CT molecular complexity index is 461. The lowest BCUT2D eigenvalue weighted by Crippen LogP contribution is -2.44. The summed E-state index contributed by atoms with van der Waals surface area (Å²) in [6.07, 6.45) is 3.34. The molecular formula is C14H17N3O2. The van der Waals surface area contributed by atoms with Crippen LogP contribution in [0.2, 0.25) is 0 Å². The van der Waals surface area contributed by atoms with Crippen molar-refractivity contribution in [3.05, 3.63) is 30.1 Å². The van der Waals surface area contributed by atoms with E-state index in [-0.39, 0.29) is 5.91 Å². The van der Waals surface area contributed by atoms with Gasteiger partial charge >= 0.3 is 0 Å². The second-order valence-electron chi connectivity index (χ2n) is 4.63. The molecule has 1 aliphatic rings. The van der Waals surface area contributed by atoms with Gasteiger partial charge in [-0.1, -0.05) is 6.07 Å². The first kappa shape index (κ1) is 13.5. The van der Waals surface area contributed by atoms with Crippen LogP contribution in [0.1, 0.15) is 18.5 Å². The second-order valence-corrected chi connectivity index (χ2v) is 4.63. The summed E-state index contributed by atoms with van der Waals surface area (Å²) in [5.41, 5.74) is 0.0170. The summed E-state index contributed by atoms with van der Waals surface area (Å²) >= 11 is 0. The number of ether oxygens (including phenoxy) is 1. The molecule has 1 amide bonds. The molecule has 2 heterocycles. The van der Waals surface area contributed by atoms with Crippen molar-refractivity contribution in [1.29, 1.82) is 5.26 Å². The largest absolute Gasteiger partial charge is 0.381 e. The van der Waals surface area contributed by atoms with E-state index < -0.39 is 5.41 Å². The number of nitrogens with zero attached hydrogens (tertiary/aromatic N) is 2. The molecule has 1 aromatic rings. The molecule has 1 aromatic heterocycles. The minimum absolute atomic E-state index is 0.186. The predicted molar refractivity (Wildman–Crippen MR) is 69.0 cm³/mol. The highest BCUT2D eigenvalue weighted by Crippen LogP contribution is 2.29. The van der Waals surface area contributed by atoms with Gasteiger partial charge in [0.2, 0.25) is 5.91 Å². The van der Waals surface area contributed by atoms with Gasteiger partial charge in [0.05, 0.1) is 6.07 Å². The Morgan fingerprint density at radius 2 is 2.26 bits per heavy atom. The summed E-state index contributed by atoms with van der Waals surface area (Å²) in [7, 11) is 0. The van der Waals surface area contributed by atoms with Crippen molar-refractivity contribution in [3.63, 3.8) is 0 Å². The van der Waals surface area contributed by atoms with Crippen molar-refractivity contribution in [2.45, 2.75) is 19.3 Å². The van der Waals surface area contributed by atoms with Crippen molar-refractivity contribution in [2.24, 2.45) is 5.41 Å². The molecule has 2 rings (SSSR count). The van der Waals surface area contributed by atoms with Crippen molar-refractivity contribution in [2.75, 3.05) is 19.8 Å². The van der Waals surface area contributed by atoms with E-state index in [0.29, 0.717) is 39.0 Å². The lowest BCUT2D eigenvalue weighted by molar-refractivity contribution is -0.132. The zero-order chi connectivity index (χ0) is 13.6. The molecule has 0 aromatic carbocycles. The van der Waals surface area contributed by atoms with Gasteiger partial charge in [0, 0.05) is 38.1 Å². The summed E-state index contributed by atoms with van der Waals surface area (Å²) < 4.78 is 5.21. The Morgan fingerprint density at radius 3 is 2.89 bits per heavy atom. The smallest absolute Gasteiger partial charge is 0.240 e. The molecule has 0 unspecified atom stereocenters. The minimum atomic E-state index is -0.914. The van der Waals surface area contributed by atoms with E-state index in [2.05, 4.69) is 16.4 Å². The summed E-state index contributed by atoms with van der Waals surface area (Å²) in [5.74, 6) is -0.186. The number of carbonyl (C=O) groups excluding carboxylic acids is 1. The molecule has 0 spiro atoms. The van der Waals surface area contributed by atoms with Crippen LogP contribution in [0.5, 0.6) is 0 Å². The summed E-state index contributed by atoms with van der Waals surface area (Å²) in [5, 5.41) is 12.1. The summed E-state index contributed by atoms with van der Waals surface area (Å²) in [4.78, 5) is 16.3. The Morgan fingerprint density at radius 1 is 1.47 bits per heavy atom. The maximum Gasteiger partial charge on any atom is 0.240 e. The molecule has 1 aliphatic heterocycles. The van der Waals surface area contributed by atoms with E-state index >= 15 is 0 Å². The fourth-order valence-corrected chi connectivity index (χ4v) is 2.13. The number of aromatic nitrogens is 1. The van der Waals surface area contributed by atoms with Gasteiger partial charge in [0.15, 0.2) is 0 Å². The van der Waals surface area contributed by atoms with Crippen LogP contribution in [0.15, 0.2) is 24.4 Å². The van der Waals surface area contributed by atoms with Crippen LogP contribution in [0, 0.1) is 16.7 Å². The number of rotatable bonds is 4. The molecule has 0 bridgehead atoms. The van der Waals surface area contributed by atoms with Crippen LogP contribution in [-0.4, -0.2) is 30.6 Å². The molecule has 1 N–H and O–H groups in total. The van der Waals surface area contributed by atoms with Crippen LogP contribution in [0.25, 0.3) is 0 Å². The number of nitrogens with one attached hydrogen (secondary N) is 1. The lowest BCUT2D eigenvalue weighted by Gasteiger charge is -2.29. The fraction of sp³-hybridized carbons (Fsp3) is 0.500. The van der Waals surface area contributed by atoms with Crippen LogP contribution in [0.4, 0.5) is 0 Å². The van der Waals surface area contributed by atoms with Gasteiger partial charge in [-0.05, 0) is 25.0 Å². The topological polar surface area (TPSA) is 75.0 Å². The van der Waals surface area contributed by atoms with Crippen molar-refractivity contribution < 1.29 is 9.53 Å². The highest BCUT2D eigenvalue weighted by Gasteiger charge is 2.40. The van der Waals surface area contributed by atoms with Crippen molar-refractivity contribution >= 4 is 5.91 Å². The van der Waals surface area contributed by atoms with Crippen LogP contribution >= 0.6 is 0 Å². The number of nitriles is 1. The molecule has 0 radical (unpaired) electrons. The number of amides is 1. The Kier molecular flexibility index (Phi) is 4.48. The minimum Gasteiger partial charge on any atom is -0.381 e. The second kappa shape index (κ2) is 6.30. The third-order valence-corrected chi connectivity index (χ3v) is 3.39. The molecule has 0 atom stereocenters. The fourth-order valence-electron chi connectivity index (χ4n) is 2.13. The van der Waals surface area contributed by atoms with E-state index in [1.165, 1.54) is 0 Å². The Balaban J connectivity index is 1.85. The van der Waals surface area contributed by atoms with Gasteiger partial charge in [0.1, 0.15) is 5.41 Å². The van der Waals surface area contributed by atoms with E-state index in [4.69, 9.17) is 4.74 Å². The van der Waals surface area contributed by atoms with Crippen LogP contribution in [0.3, 0.4) is 0 Å². The highest BCUT2D eigenvalue weighted by atomic mass is 16.5. The highest BCUT2D eigenvalue weighted by molar-refractivity contribution is 5.85. The summed E-state index contributed by atoms with van der Waals surface area (Å²) in [6, 6.07) is 7.85. The Labute approximate surface area is 112 Å². The molecule has 5 heteroatoms. The van der Waals surface area contributed by atoms with Crippen molar-refractivity contribution in [3.8, 4) is 6.07 Å². The van der Waals surface area contributed by atoms with E-state index in [1.807, 2.05) is 18.2 Å². The first-order chi connectivity index (χ1) is 9.27. The van der Waals surface area contributed by atoms with Crippen LogP contribution < -0.4 is 5.32 Å². The van der Waals surface area contributed by atoms with Crippen molar-refractivity contribution in [1.82, 2.24) is 10.3 Å². The summed E-state index contributed by atoms with van der Waals surface area (Å²) in [6.45, 7) is 1.45. The standard InChI is InChI=1S/C14H17N3O2/c15-11-14(5-9-19-10-6-14)13(18)17-8-4-12-3-1-2-7-16-12/h1-3,7H,4-6,8-10H2,(H,17,18). The van der Waals surface area contributed by atoms with E-state index in [9.17, 15) is 10.1 Å². The molecule has 1 fully saturated rings. The van der Waals surface area contributed by atoms with Gasteiger partial charge in [0.25, 0.3) is 0 Å². The maximum absolute atomic E-state index is 12.1. The molecule has 5 nitrogen and oxygen atoms in total. The van der Waals surface area contributed by atoms with Gasteiger partial charge in [-0.3, -0.25) is 9.78 Å². The molecule has 0 saturated carbocycles. The first-order valence-electron chi connectivity index (χ1n) is 6.44. The molecule has 1 saturated heterocycles. The maximum atomic E-state index is 12.1. The Hall–Kier alpha value is -1.93. The average molecular weight is 259 g/mol. The molecule has 0 aliphatic carbocycles. The van der Waals surface area contributed by atoms with Gasteiger partial charge in [-0.25, -0.2) is 0 Å². The number of hydrogen-bond acceptors (Lipinski definition) is 4. The predicted octanol–water partition coefficient (Wildman–Crippen LogP) is 1.06. The number of pyridine rings is 1. The number of hydrogen-bond donors (Lipinski definition) is 1. The van der Waals surface area contributed by atoms with E-state index in [1.54, 1.807) is 6.20 Å². The normalized spacial score (nSPS) is 17.4. The first-order valence-corrected chi connectivity index (χ1v) is 6.44. The van der Waals surface area contributed by atoms with E-state index in [0.717, 1.165) is 5.69 Å². The zero-order valence-electron chi connectivity index (χ0n) is 10.8. The molecule has 19 heavy (non-hydrogen) atoms. The third kappa shape index (κ3) is 3.30. The van der Waals surface area contributed by atoms with Gasteiger partial charge in [-0.2, -0.15) is 5.26 Å². The lowest BCUT2D eigenvalue weighted by atomic mass is 9.81. The quantitative estimate of drug-likeness (QED) is 0.877. The average Bonchev–Trinajstić information content (AvgIpc) is 2.49. The van der Waals surface area contributed by atoms with Crippen LogP contribution in [-0.2, 0) is 16.0 Å². The molecular weight excluding hydrogens is 242 g/mol. The SMILES string of the molecule is N#CC1(C(=O)NCCc2ccccn2)CCOCC1. The zero-order valence-corrected chi connectivity index (χ0v) is 10.8. The van der Waals surface area contributed by atoms with Gasteiger partial charge in [-0.15, -0.1) is 0 Å².